The first kappa shape index (κ1) is 13.6. The van der Waals surface area contributed by atoms with Crippen LogP contribution in [0.2, 0.25) is 0 Å². The van der Waals surface area contributed by atoms with Crippen LogP contribution in [0.3, 0.4) is 0 Å². The van der Waals surface area contributed by atoms with Gasteiger partial charge >= 0.3 is 0 Å². The summed E-state index contributed by atoms with van der Waals surface area (Å²) < 4.78 is 0. The molecule has 3 nitrogen and oxygen atoms in total. The van der Waals surface area contributed by atoms with E-state index in [-0.39, 0.29) is 0 Å². The summed E-state index contributed by atoms with van der Waals surface area (Å²) in [6.45, 7) is 1.86. The summed E-state index contributed by atoms with van der Waals surface area (Å²) in [5.41, 5.74) is 3.86. The molecule has 1 heterocycles. The predicted octanol–water partition coefficient (Wildman–Crippen LogP) is 2.48. The van der Waals surface area contributed by atoms with Crippen LogP contribution in [-0.4, -0.2) is 25.6 Å². The summed E-state index contributed by atoms with van der Waals surface area (Å²) in [6, 6.07) is 12.7. The van der Waals surface area contributed by atoms with Gasteiger partial charge in [-0.2, -0.15) is 0 Å². The monoisotopic (exact) mass is 255 g/mol. The van der Waals surface area contributed by atoms with Gasteiger partial charge in [-0.15, -0.1) is 0 Å². The fourth-order valence-electron chi connectivity index (χ4n) is 2.16. The van der Waals surface area contributed by atoms with Crippen LogP contribution in [0, 0.1) is 0 Å². The van der Waals surface area contributed by atoms with E-state index < -0.39 is 0 Å². The SMILES string of the molecule is CNCc1ccncc1N(C)CCc1ccccc1. The standard InChI is InChI=1S/C16H21N3/c1-17-12-15-8-10-18-13-16(15)19(2)11-9-14-6-4-3-5-7-14/h3-8,10,13,17H,9,11-12H2,1-2H3. The molecule has 19 heavy (non-hydrogen) atoms. The number of aromatic nitrogens is 1. The third kappa shape index (κ3) is 3.80. The van der Waals surface area contributed by atoms with E-state index in [4.69, 9.17) is 0 Å². The molecule has 1 aromatic heterocycles. The van der Waals surface area contributed by atoms with Gasteiger partial charge in [0.15, 0.2) is 0 Å². The number of hydrogen-bond donors (Lipinski definition) is 1. The zero-order valence-corrected chi connectivity index (χ0v) is 11.6. The van der Waals surface area contributed by atoms with Crippen molar-refractivity contribution < 1.29 is 0 Å². The van der Waals surface area contributed by atoms with E-state index in [0.29, 0.717) is 0 Å². The molecule has 0 amide bonds. The predicted molar refractivity (Wildman–Crippen MR) is 80.4 cm³/mol. The summed E-state index contributed by atoms with van der Waals surface area (Å²) in [7, 11) is 4.09. The summed E-state index contributed by atoms with van der Waals surface area (Å²) in [4.78, 5) is 6.50. The number of likely N-dealkylation sites (N-methyl/N-ethyl adjacent to an activating group) is 1. The van der Waals surface area contributed by atoms with Crippen molar-refractivity contribution in [2.24, 2.45) is 0 Å². The molecule has 2 rings (SSSR count). The van der Waals surface area contributed by atoms with Crippen LogP contribution in [0.5, 0.6) is 0 Å². The van der Waals surface area contributed by atoms with Gasteiger partial charge in [0.1, 0.15) is 0 Å². The lowest BCUT2D eigenvalue weighted by atomic mass is 10.1. The fraction of sp³-hybridized carbons (Fsp3) is 0.312. The highest BCUT2D eigenvalue weighted by Crippen LogP contribution is 2.17. The third-order valence-corrected chi connectivity index (χ3v) is 3.24. The van der Waals surface area contributed by atoms with E-state index in [0.717, 1.165) is 19.5 Å². The minimum Gasteiger partial charge on any atom is -0.373 e. The number of pyridine rings is 1. The maximum absolute atomic E-state index is 4.23. The minimum atomic E-state index is 0.869. The van der Waals surface area contributed by atoms with Crippen LogP contribution < -0.4 is 10.2 Å². The molecule has 0 aliphatic carbocycles. The van der Waals surface area contributed by atoms with Gasteiger partial charge in [-0.3, -0.25) is 4.98 Å². The molecule has 0 saturated carbocycles. The Hall–Kier alpha value is -1.87. The highest BCUT2D eigenvalue weighted by atomic mass is 15.1. The Morgan fingerprint density at radius 2 is 1.95 bits per heavy atom. The van der Waals surface area contributed by atoms with Gasteiger partial charge in [0, 0.05) is 26.3 Å². The average molecular weight is 255 g/mol. The van der Waals surface area contributed by atoms with E-state index in [1.807, 2.05) is 19.4 Å². The molecule has 1 aromatic carbocycles. The van der Waals surface area contributed by atoms with E-state index >= 15 is 0 Å². The number of nitrogens with one attached hydrogen (secondary N) is 1. The molecule has 0 radical (unpaired) electrons. The molecule has 3 heteroatoms. The molecule has 0 aliphatic rings. The normalized spacial score (nSPS) is 10.4. The Morgan fingerprint density at radius 3 is 2.68 bits per heavy atom. The Balaban J connectivity index is 2.01. The molecule has 0 bridgehead atoms. The number of hydrogen-bond acceptors (Lipinski definition) is 3. The van der Waals surface area contributed by atoms with Crippen LogP contribution in [0.4, 0.5) is 5.69 Å². The van der Waals surface area contributed by atoms with Crippen LogP contribution >= 0.6 is 0 Å². The van der Waals surface area contributed by atoms with Crippen molar-refractivity contribution >= 4 is 5.69 Å². The quantitative estimate of drug-likeness (QED) is 0.859. The molecular weight excluding hydrogens is 234 g/mol. The van der Waals surface area contributed by atoms with E-state index in [9.17, 15) is 0 Å². The molecule has 0 atom stereocenters. The second kappa shape index (κ2) is 6.90. The van der Waals surface area contributed by atoms with Gasteiger partial charge in [0.05, 0.1) is 11.9 Å². The third-order valence-electron chi connectivity index (χ3n) is 3.24. The van der Waals surface area contributed by atoms with Crippen LogP contribution in [0.15, 0.2) is 48.8 Å². The zero-order chi connectivity index (χ0) is 13.5. The second-order valence-electron chi connectivity index (χ2n) is 4.69. The van der Waals surface area contributed by atoms with Gasteiger partial charge < -0.3 is 10.2 Å². The van der Waals surface area contributed by atoms with E-state index in [1.165, 1.54) is 16.8 Å². The molecule has 0 fully saturated rings. The zero-order valence-electron chi connectivity index (χ0n) is 11.6. The average Bonchev–Trinajstić information content (AvgIpc) is 2.47. The number of nitrogens with zero attached hydrogens (tertiary/aromatic N) is 2. The van der Waals surface area contributed by atoms with Crippen LogP contribution in [-0.2, 0) is 13.0 Å². The summed E-state index contributed by atoms with van der Waals surface area (Å²) in [5, 5.41) is 3.20. The summed E-state index contributed by atoms with van der Waals surface area (Å²) in [5.74, 6) is 0. The topological polar surface area (TPSA) is 28.2 Å². The number of benzene rings is 1. The first-order valence-corrected chi connectivity index (χ1v) is 6.64. The Kier molecular flexibility index (Phi) is 4.93. The molecule has 1 N–H and O–H groups in total. The molecule has 0 unspecified atom stereocenters. The molecule has 2 aromatic rings. The second-order valence-corrected chi connectivity index (χ2v) is 4.69. The highest BCUT2D eigenvalue weighted by molar-refractivity contribution is 5.51. The van der Waals surface area contributed by atoms with Crippen molar-refractivity contribution in [2.75, 3.05) is 25.5 Å². The maximum atomic E-state index is 4.23. The van der Waals surface area contributed by atoms with Gasteiger partial charge in [-0.25, -0.2) is 0 Å². The largest absolute Gasteiger partial charge is 0.373 e. The highest BCUT2D eigenvalue weighted by Gasteiger charge is 2.06. The van der Waals surface area contributed by atoms with Crippen molar-refractivity contribution in [3.05, 3.63) is 59.9 Å². The van der Waals surface area contributed by atoms with Crippen LogP contribution in [0.1, 0.15) is 11.1 Å². The van der Waals surface area contributed by atoms with Crippen molar-refractivity contribution in [3.63, 3.8) is 0 Å². The van der Waals surface area contributed by atoms with Crippen molar-refractivity contribution in [3.8, 4) is 0 Å². The Bertz CT molecular complexity index is 496. The van der Waals surface area contributed by atoms with Crippen LogP contribution in [0.25, 0.3) is 0 Å². The molecule has 100 valence electrons. The van der Waals surface area contributed by atoms with Crippen molar-refractivity contribution in [1.29, 1.82) is 0 Å². The fourth-order valence-corrected chi connectivity index (χ4v) is 2.16. The minimum absolute atomic E-state index is 0.869. The molecule has 0 saturated heterocycles. The maximum Gasteiger partial charge on any atom is 0.0595 e. The lowest BCUT2D eigenvalue weighted by molar-refractivity contribution is 0.798. The van der Waals surface area contributed by atoms with E-state index in [2.05, 4.69) is 58.6 Å². The van der Waals surface area contributed by atoms with Crippen molar-refractivity contribution in [2.45, 2.75) is 13.0 Å². The lowest BCUT2D eigenvalue weighted by Gasteiger charge is -2.22. The van der Waals surface area contributed by atoms with Gasteiger partial charge in [-0.1, -0.05) is 30.3 Å². The van der Waals surface area contributed by atoms with Gasteiger partial charge in [0.25, 0.3) is 0 Å². The Labute approximate surface area is 115 Å². The summed E-state index contributed by atoms with van der Waals surface area (Å²) in [6.07, 6.45) is 4.84. The Morgan fingerprint density at radius 1 is 1.16 bits per heavy atom. The summed E-state index contributed by atoms with van der Waals surface area (Å²) >= 11 is 0. The van der Waals surface area contributed by atoms with Gasteiger partial charge in [-0.05, 0) is 30.7 Å². The first-order valence-electron chi connectivity index (χ1n) is 6.64. The number of rotatable bonds is 6. The molecule has 0 spiro atoms. The molecule has 0 aliphatic heterocycles. The van der Waals surface area contributed by atoms with Crippen molar-refractivity contribution in [1.82, 2.24) is 10.3 Å². The van der Waals surface area contributed by atoms with E-state index in [1.54, 1.807) is 0 Å². The lowest BCUT2D eigenvalue weighted by Crippen LogP contribution is -2.23. The smallest absolute Gasteiger partial charge is 0.0595 e. The first-order chi connectivity index (χ1) is 9.31. The number of anilines is 1. The molecular formula is C16H21N3. The van der Waals surface area contributed by atoms with Gasteiger partial charge in [0.2, 0.25) is 0 Å².